The minimum atomic E-state index is -1.21. The number of fused-ring (bicyclic) bond motifs is 1. The Hall–Kier alpha value is -3.10. The van der Waals surface area contributed by atoms with Crippen molar-refractivity contribution in [1.29, 1.82) is 0 Å². The van der Waals surface area contributed by atoms with Crippen LogP contribution in [0.25, 0.3) is 10.9 Å². The summed E-state index contributed by atoms with van der Waals surface area (Å²) in [5, 5.41) is 21.4. The molecule has 0 bridgehead atoms. The Labute approximate surface area is 179 Å². The molecular weight excluding hydrogens is 438 g/mol. The van der Waals surface area contributed by atoms with E-state index in [0.29, 0.717) is 11.3 Å². The molecule has 1 amide bonds. The number of nitrogens with zero attached hydrogens (tertiary/aromatic N) is 1. The maximum absolute atomic E-state index is 14.1. The number of benzene rings is 2. The number of carboxylic acids is 1. The summed E-state index contributed by atoms with van der Waals surface area (Å²) in [7, 11) is 0. The van der Waals surface area contributed by atoms with Gasteiger partial charge in [0.2, 0.25) is 5.91 Å². The van der Waals surface area contributed by atoms with Crippen LogP contribution in [0.1, 0.15) is 21.6 Å². The minimum absolute atomic E-state index is 0.139. The second kappa shape index (κ2) is 8.33. The number of phenols is 1. The molecule has 3 aromatic rings. The van der Waals surface area contributed by atoms with Gasteiger partial charge in [0.25, 0.3) is 5.91 Å². The number of halogens is 3. The number of carbonyl (C=O) groups is 3. The van der Waals surface area contributed by atoms with Crippen molar-refractivity contribution in [3.63, 3.8) is 0 Å². The number of amides is 1. The number of nitrogens with one attached hydrogen (secondary N) is 1. The Bertz CT molecular complexity index is 1210. The van der Waals surface area contributed by atoms with Gasteiger partial charge in [-0.3, -0.25) is 19.0 Å². The lowest BCUT2D eigenvalue weighted by Gasteiger charge is -2.09. The van der Waals surface area contributed by atoms with Crippen molar-refractivity contribution < 1.29 is 29.0 Å². The smallest absolute Gasteiger partial charge is 0.322 e. The third-order valence-electron chi connectivity index (χ3n) is 4.55. The van der Waals surface area contributed by atoms with E-state index in [1.54, 1.807) is 6.92 Å². The van der Waals surface area contributed by atoms with Gasteiger partial charge in [0, 0.05) is 22.7 Å². The van der Waals surface area contributed by atoms with Gasteiger partial charge in [-0.05, 0) is 36.8 Å². The largest absolute Gasteiger partial charge is 0.505 e. The molecule has 3 N–H and O–H groups in total. The summed E-state index contributed by atoms with van der Waals surface area (Å²) in [6.45, 7) is 0.989. The van der Waals surface area contributed by atoms with E-state index in [1.807, 2.05) is 0 Å². The lowest BCUT2D eigenvalue weighted by molar-refractivity contribution is -0.137. The summed E-state index contributed by atoms with van der Waals surface area (Å²) in [5.74, 6) is -3.94. The van der Waals surface area contributed by atoms with E-state index in [-0.39, 0.29) is 32.9 Å². The van der Waals surface area contributed by atoms with Gasteiger partial charge in [-0.1, -0.05) is 23.2 Å². The van der Waals surface area contributed by atoms with Gasteiger partial charge in [0.1, 0.15) is 6.54 Å². The highest BCUT2D eigenvalue weighted by Gasteiger charge is 2.23. The average Bonchev–Trinajstić information content (AvgIpc) is 2.93. The number of aromatic hydroxyl groups is 1. The van der Waals surface area contributed by atoms with Crippen LogP contribution in [0.4, 0.5) is 4.39 Å². The molecular formula is C20H15Cl2FN2O5. The molecule has 0 radical (unpaired) electrons. The van der Waals surface area contributed by atoms with E-state index >= 15 is 0 Å². The van der Waals surface area contributed by atoms with Gasteiger partial charge in [-0.2, -0.15) is 0 Å². The number of hydrogen-bond acceptors (Lipinski definition) is 4. The molecule has 1 aromatic heterocycles. The van der Waals surface area contributed by atoms with Crippen molar-refractivity contribution in [3.05, 3.63) is 63.0 Å². The first-order valence-electron chi connectivity index (χ1n) is 8.60. The standard InChI is InChI=1S/C20H15Cl2FN2O5/c1-9-11(6-18(27)24-8-19(28)29)12-5-17(26)15(23)7-16(12)25(9)20(30)10-2-3-13(21)14(22)4-10/h2-5,7,26H,6,8H2,1H3,(H,24,27)(H,28,29). The van der Waals surface area contributed by atoms with Crippen LogP contribution in [-0.2, 0) is 16.0 Å². The van der Waals surface area contributed by atoms with Crippen molar-refractivity contribution in [2.24, 2.45) is 0 Å². The van der Waals surface area contributed by atoms with Crippen LogP contribution in [0.3, 0.4) is 0 Å². The maximum atomic E-state index is 14.1. The van der Waals surface area contributed by atoms with Crippen LogP contribution in [0.5, 0.6) is 5.75 Å². The first-order chi connectivity index (χ1) is 14.1. The number of carbonyl (C=O) groups excluding carboxylic acids is 2. The van der Waals surface area contributed by atoms with Gasteiger partial charge < -0.3 is 15.5 Å². The number of aromatic nitrogens is 1. The lowest BCUT2D eigenvalue weighted by atomic mass is 10.1. The van der Waals surface area contributed by atoms with E-state index in [1.165, 1.54) is 22.8 Å². The van der Waals surface area contributed by atoms with Gasteiger partial charge in [-0.15, -0.1) is 0 Å². The topological polar surface area (TPSA) is 109 Å². The predicted octanol–water partition coefficient (Wildman–Crippen LogP) is 3.53. The zero-order valence-electron chi connectivity index (χ0n) is 15.5. The summed E-state index contributed by atoms with van der Waals surface area (Å²) in [6.07, 6.45) is -0.275. The number of rotatable bonds is 5. The van der Waals surface area contributed by atoms with Crippen molar-refractivity contribution >= 4 is 51.9 Å². The first kappa shape index (κ1) is 21.6. The number of hydrogen-bond donors (Lipinski definition) is 3. The van der Waals surface area contributed by atoms with E-state index in [2.05, 4.69) is 5.32 Å². The van der Waals surface area contributed by atoms with E-state index in [9.17, 15) is 23.9 Å². The zero-order valence-corrected chi connectivity index (χ0v) is 17.0. The Balaban J connectivity index is 2.14. The summed E-state index contributed by atoms with van der Waals surface area (Å²) in [6, 6.07) is 6.39. The SMILES string of the molecule is Cc1c(CC(=O)NCC(=O)O)c2cc(O)c(F)cc2n1C(=O)c1ccc(Cl)c(Cl)c1. The highest BCUT2D eigenvalue weighted by Crippen LogP contribution is 2.32. The molecule has 0 atom stereocenters. The molecule has 0 spiro atoms. The third-order valence-corrected chi connectivity index (χ3v) is 5.29. The molecule has 0 saturated carbocycles. The Morgan fingerprint density at radius 1 is 1.13 bits per heavy atom. The van der Waals surface area contributed by atoms with Crippen molar-refractivity contribution in [1.82, 2.24) is 9.88 Å². The average molecular weight is 453 g/mol. The van der Waals surface area contributed by atoms with Crippen molar-refractivity contribution in [2.75, 3.05) is 6.54 Å². The third kappa shape index (κ3) is 4.10. The quantitative estimate of drug-likeness (QED) is 0.548. The second-order valence-corrected chi connectivity index (χ2v) is 7.32. The predicted molar refractivity (Wildman–Crippen MR) is 109 cm³/mol. The van der Waals surface area contributed by atoms with Gasteiger partial charge in [0.05, 0.1) is 22.0 Å². The fourth-order valence-corrected chi connectivity index (χ4v) is 3.43. The summed E-state index contributed by atoms with van der Waals surface area (Å²) in [4.78, 5) is 36.0. The monoisotopic (exact) mass is 452 g/mol. The molecule has 30 heavy (non-hydrogen) atoms. The highest BCUT2D eigenvalue weighted by molar-refractivity contribution is 6.42. The number of carboxylic acid groups (broad SMARTS) is 1. The van der Waals surface area contributed by atoms with Crippen molar-refractivity contribution in [3.8, 4) is 5.75 Å². The highest BCUT2D eigenvalue weighted by atomic mass is 35.5. The summed E-state index contributed by atoms with van der Waals surface area (Å²) < 4.78 is 15.3. The van der Waals surface area contributed by atoms with Crippen LogP contribution >= 0.6 is 23.2 Å². The van der Waals surface area contributed by atoms with Crippen LogP contribution < -0.4 is 5.32 Å². The van der Waals surface area contributed by atoms with Crippen molar-refractivity contribution in [2.45, 2.75) is 13.3 Å². The maximum Gasteiger partial charge on any atom is 0.322 e. The second-order valence-electron chi connectivity index (χ2n) is 6.50. The van der Waals surface area contributed by atoms with E-state index in [4.69, 9.17) is 28.3 Å². The molecule has 0 aliphatic carbocycles. The molecule has 2 aromatic carbocycles. The normalized spacial score (nSPS) is 10.9. The van der Waals surface area contributed by atoms with Gasteiger partial charge >= 0.3 is 5.97 Å². The Morgan fingerprint density at radius 3 is 2.47 bits per heavy atom. The molecule has 1 heterocycles. The van der Waals surface area contributed by atoms with Crippen LogP contribution in [0, 0.1) is 12.7 Å². The van der Waals surface area contributed by atoms with Gasteiger partial charge in [-0.25, -0.2) is 4.39 Å². The molecule has 7 nitrogen and oxygen atoms in total. The molecule has 0 aliphatic rings. The minimum Gasteiger partial charge on any atom is -0.505 e. The molecule has 0 unspecified atom stereocenters. The first-order valence-corrected chi connectivity index (χ1v) is 9.36. The van der Waals surface area contributed by atoms with E-state index in [0.717, 1.165) is 12.1 Å². The molecule has 3 rings (SSSR count). The summed E-state index contributed by atoms with van der Waals surface area (Å²) in [5.41, 5.74) is 0.993. The van der Waals surface area contributed by atoms with Crippen LogP contribution in [0.2, 0.25) is 10.0 Å². The molecule has 0 saturated heterocycles. The Kier molecular flexibility index (Phi) is 6.00. The molecule has 156 valence electrons. The number of aliphatic carboxylic acids is 1. The lowest BCUT2D eigenvalue weighted by Crippen LogP contribution is -2.30. The van der Waals surface area contributed by atoms with Crippen LogP contribution in [0.15, 0.2) is 30.3 Å². The molecule has 10 heteroatoms. The fourth-order valence-electron chi connectivity index (χ4n) is 3.13. The number of phenolic OH excluding ortho intramolecular Hbond substituents is 1. The van der Waals surface area contributed by atoms with Crippen LogP contribution in [-0.4, -0.2) is 39.1 Å². The summed E-state index contributed by atoms with van der Waals surface area (Å²) >= 11 is 11.9. The zero-order chi connectivity index (χ0) is 22.2. The fraction of sp³-hybridized carbons (Fsp3) is 0.150. The van der Waals surface area contributed by atoms with E-state index < -0.39 is 35.9 Å². The van der Waals surface area contributed by atoms with Gasteiger partial charge in [0.15, 0.2) is 11.6 Å². The molecule has 0 aliphatic heterocycles. The molecule has 0 fully saturated rings. The Morgan fingerprint density at radius 2 is 1.83 bits per heavy atom.